The Hall–Kier alpha value is -6.07. The van der Waals surface area contributed by atoms with Crippen LogP contribution < -0.4 is 10.2 Å². The Morgan fingerprint density at radius 1 is 0.587 bits per heavy atom. The summed E-state index contributed by atoms with van der Waals surface area (Å²) < 4.78 is 2.29. The summed E-state index contributed by atoms with van der Waals surface area (Å²) in [5, 5.41) is 7.88. The molecule has 1 atom stereocenters. The van der Waals surface area contributed by atoms with Crippen LogP contribution in [0.3, 0.4) is 0 Å². The Morgan fingerprint density at radius 2 is 1.28 bits per heavy atom. The summed E-state index contributed by atoms with van der Waals surface area (Å²) in [6.45, 7) is 0. The van der Waals surface area contributed by atoms with Crippen LogP contribution in [0.4, 0.5) is 11.4 Å². The molecule has 1 aliphatic heterocycles. The minimum atomic E-state index is 0.138. The van der Waals surface area contributed by atoms with E-state index < -0.39 is 0 Å². The highest BCUT2D eigenvalue weighted by Crippen LogP contribution is 2.56. The van der Waals surface area contributed by atoms with Crippen LogP contribution in [0.5, 0.6) is 0 Å². The summed E-state index contributed by atoms with van der Waals surface area (Å²) in [5.41, 5.74) is 9.63. The fraction of sp³-hybridized carbons (Fsp3) is 0.0488. The van der Waals surface area contributed by atoms with Crippen LogP contribution in [0, 0.1) is 0 Å². The summed E-state index contributed by atoms with van der Waals surface area (Å²) in [6, 6.07) is 40.6. The zero-order chi connectivity index (χ0) is 29.9. The number of nitrogens with zero attached hydrogens (tertiary/aromatic N) is 5. The van der Waals surface area contributed by atoms with E-state index in [1.807, 2.05) is 36.4 Å². The van der Waals surface area contributed by atoms with Crippen molar-refractivity contribution in [3.8, 4) is 28.7 Å². The van der Waals surface area contributed by atoms with Gasteiger partial charge < -0.3 is 4.90 Å². The van der Waals surface area contributed by atoms with Crippen LogP contribution in [0.2, 0.25) is 0 Å². The van der Waals surface area contributed by atoms with Gasteiger partial charge in [0.2, 0.25) is 5.95 Å². The lowest BCUT2D eigenvalue weighted by Gasteiger charge is -2.28. The third kappa shape index (κ3) is 3.06. The highest BCUT2D eigenvalue weighted by molar-refractivity contribution is 6.30. The van der Waals surface area contributed by atoms with Crippen molar-refractivity contribution < 1.29 is 0 Å². The van der Waals surface area contributed by atoms with Crippen LogP contribution in [0.25, 0.3) is 73.3 Å². The minimum absolute atomic E-state index is 0.138. The molecule has 8 aromatic rings. The first-order chi connectivity index (χ1) is 22.8. The molecule has 0 amide bonds. The highest BCUT2D eigenvalue weighted by atomic mass is 15.2. The first kappa shape index (κ1) is 24.3. The van der Waals surface area contributed by atoms with Gasteiger partial charge in [0, 0.05) is 33.0 Å². The Bertz CT molecular complexity index is 2600. The number of hydrogen-bond donors (Lipinski definition) is 0. The summed E-state index contributed by atoms with van der Waals surface area (Å²) in [6.07, 6.45) is 7.92. The molecule has 0 N–H and O–H groups in total. The van der Waals surface area contributed by atoms with Crippen molar-refractivity contribution in [3.63, 3.8) is 0 Å². The Kier molecular flexibility index (Phi) is 4.63. The molecule has 2 aliphatic carbocycles. The maximum absolute atomic E-state index is 5.18. The number of rotatable bonds is 4. The quantitative estimate of drug-likeness (QED) is 0.193. The average molecular weight is 588 g/mol. The van der Waals surface area contributed by atoms with Gasteiger partial charge in [0.05, 0.1) is 22.6 Å². The van der Waals surface area contributed by atoms with Gasteiger partial charge in [0.15, 0.2) is 11.6 Å². The van der Waals surface area contributed by atoms with Crippen LogP contribution in [0.1, 0.15) is 22.7 Å². The second-order valence-corrected chi connectivity index (χ2v) is 12.4. The van der Waals surface area contributed by atoms with Crippen LogP contribution in [0.15, 0.2) is 121 Å². The van der Waals surface area contributed by atoms with E-state index in [1.165, 1.54) is 55.0 Å². The molecule has 46 heavy (non-hydrogen) atoms. The molecule has 3 heterocycles. The molecular weight excluding hydrogens is 562 g/mol. The highest BCUT2D eigenvalue weighted by Gasteiger charge is 2.38. The average Bonchev–Trinajstić information content (AvgIpc) is 3.66. The predicted molar refractivity (Wildman–Crippen MR) is 186 cm³/mol. The largest absolute Gasteiger partial charge is 0.330 e. The van der Waals surface area contributed by atoms with Crippen molar-refractivity contribution >= 4 is 56.0 Å². The number of para-hydroxylation sites is 1. The van der Waals surface area contributed by atoms with Gasteiger partial charge in [-0.3, -0.25) is 4.57 Å². The summed E-state index contributed by atoms with van der Waals surface area (Å²) in [5.74, 6) is 1.98. The van der Waals surface area contributed by atoms with Crippen molar-refractivity contribution in [2.24, 2.45) is 0 Å². The smallest absolute Gasteiger partial charge is 0.238 e. The molecule has 1 unspecified atom stereocenters. The molecule has 0 saturated heterocycles. The molecule has 3 aliphatic rings. The van der Waals surface area contributed by atoms with Gasteiger partial charge in [-0.15, -0.1) is 0 Å². The van der Waals surface area contributed by atoms with E-state index in [4.69, 9.17) is 15.0 Å². The van der Waals surface area contributed by atoms with E-state index in [0.29, 0.717) is 17.6 Å². The maximum atomic E-state index is 5.18. The van der Waals surface area contributed by atoms with Crippen molar-refractivity contribution in [2.45, 2.75) is 12.5 Å². The molecule has 11 rings (SSSR count). The molecular formula is C41H25N5. The van der Waals surface area contributed by atoms with Crippen LogP contribution in [-0.2, 0) is 6.42 Å². The second kappa shape index (κ2) is 8.77. The topological polar surface area (TPSA) is 46.8 Å². The molecule has 0 bridgehead atoms. The summed E-state index contributed by atoms with van der Waals surface area (Å²) in [4.78, 5) is 17.9. The van der Waals surface area contributed by atoms with Crippen LogP contribution in [-0.4, -0.2) is 19.5 Å². The van der Waals surface area contributed by atoms with E-state index in [-0.39, 0.29) is 6.04 Å². The number of aromatic nitrogens is 4. The van der Waals surface area contributed by atoms with E-state index in [0.717, 1.165) is 28.4 Å². The molecule has 0 radical (unpaired) electrons. The molecule has 0 spiro atoms. The molecule has 0 fully saturated rings. The van der Waals surface area contributed by atoms with Crippen molar-refractivity contribution in [3.05, 3.63) is 143 Å². The van der Waals surface area contributed by atoms with Crippen molar-refractivity contribution in [1.29, 1.82) is 0 Å². The maximum Gasteiger partial charge on any atom is 0.238 e. The second-order valence-electron chi connectivity index (χ2n) is 12.4. The van der Waals surface area contributed by atoms with Gasteiger partial charge in [-0.2, -0.15) is 9.97 Å². The first-order valence-corrected chi connectivity index (χ1v) is 15.8. The Morgan fingerprint density at radius 3 is 2.00 bits per heavy atom. The van der Waals surface area contributed by atoms with Crippen molar-refractivity contribution in [1.82, 2.24) is 19.5 Å². The normalized spacial score (nSPS) is 15.6. The lowest BCUT2D eigenvalue weighted by atomic mass is 9.83. The lowest BCUT2D eigenvalue weighted by Crippen LogP contribution is -2.20. The Balaban J connectivity index is 1.27. The molecule has 0 saturated carbocycles. The predicted octanol–water partition coefficient (Wildman–Crippen LogP) is 8.73. The summed E-state index contributed by atoms with van der Waals surface area (Å²) >= 11 is 0. The van der Waals surface area contributed by atoms with Gasteiger partial charge in [-0.25, -0.2) is 4.98 Å². The number of hydrogen-bond acceptors (Lipinski definition) is 4. The van der Waals surface area contributed by atoms with E-state index in [9.17, 15) is 0 Å². The fourth-order valence-electron chi connectivity index (χ4n) is 8.14. The van der Waals surface area contributed by atoms with Crippen molar-refractivity contribution in [2.75, 3.05) is 4.90 Å². The van der Waals surface area contributed by atoms with Gasteiger partial charge in [0.25, 0.3) is 0 Å². The van der Waals surface area contributed by atoms with E-state index >= 15 is 0 Å². The summed E-state index contributed by atoms with van der Waals surface area (Å²) in [7, 11) is 0. The van der Waals surface area contributed by atoms with E-state index in [1.54, 1.807) is 0 Å². The molecule has 5 heteroatoms. The molecule has 5 nitrogen and oxygen atoms in total. The molecule has 6 aromatic carbocycles. The first-order valence-electron chi connectivity index (χ1n) is 15.8. The van der Waals surface area contributed by atoms with Gasteiger partial charge in [0.1, 0.15) is 0 Å². The number of benzene rings is 6. The molecule has 214 valence electrons. The van der Waals surface area contributed by atoms with Gasteiger partial charge in [-0.05, 0) is 58.1 Å². The zero-order valence-electron chi connectivity index (χ0n) is 24.7. The monoisotopic (exact) mass is 587 g/mol. The standard InChI is InChI=1S/C41H25N5/c1-4-10-26(11-5-1)39-42-40(27-12-6-2-7-13-27)44-41(43-39)46-31-22-18-24-16-20-29-35-33(24)37(31)38-32(46)23-19-25-17-21-30(36(35)34(25)38)45(29)28-14-8-3-9-15-28/h1-18,20-23,29H,19H2. The third-order valence-electron chi connectivity index (χ3n) is 9.99. The number of anilines is 2. The van der Waals surface area contributed by atoms with Crippen LogP contribution >= 0.6 is 0 Å². The fourth-order valence-corrected chi connectivity index (χ4v) is 8.14. The molecule has 2 aromatic heterocycles. The van der Waals surface area contributed by atoms with E-state index in [2.05, 4.69) is 107 Å². The van der Waals surface area contributed by atoms with Gasteiger partial charge in [-0.1, -0.05) is 109 Å². The minimum Gasteiger partial charge on any atom is -0.330 e. The zero-order valence-corrected chi connectivity index (χ0v) is 24.7. The Labute approximate surface area is 264 Å². The SMILES string of the molecule is C1=CC2c3c4c(ccc5c4c4c(n(-c6nc(-c7ccccc7)nc(-c7ccccc7)n6)c6ccc1c3c46)=CC5)N2c1ccccc1. The van der Waals surface area contributed by atoms with Gasteiger partial charge >= 0.3 is 0 Å². The lowest BCUT2D eigenvalue weighted by molar-refractivity contribution is 0.896. The third-order valence-corrected chi connectivity index (χ3v) is 9.99.